The van der Waals surface area contributed by atoms with Crippen molar-refractivity contribution >= 4 is 35.8 Å². The second kappa shape index (κ2) is 15.5. The maximum absolute atomic E-state index is 11.6. The van der Waals surface area contributed by atoms with E-state index in [1.54, 1.807) is 7.05 Å². The molecule has 0 radical (unpaired) electrons. The van der Waals surface area contributed by atoms with E-state index in [4.69, 9.17) is 9.73 Å². The molecule has 2 N–H and O–H groups in total. The SMILES string of the molecule is CCNC(=NCCCCOCc1ccccc1)N1CCC(CC(=O)NC)CC1.I. The minimum atomic E-state index is 0. The van der Waals surface area contributed by atoms with Gasteiger partial charge in [-0.1, -0.05) is 30.3 Å². The number of hydrogen-bond donors (Lipinski definition) is 2. The van der Waals surface area contributed by atoms with Crippen molar-refractivity contribution in [1.29, 1.82) is 0 Å². The number of carbonyl (C=O) groups excluding carboxylic acids is 1. The maximum Gasteiger partial charge on any atom is 0.220 e. The largest absolute Gasteiger partial charge is 0.377 e. The van der Waals surface area contributed by atoms with Gasteiger partial charge in [0.2, 0.25) is 5.91 Å². The molecular weight excluding hydrogens is 479 g/mol. The van der Waals surface area contributed by atoms with E-state index in [0.29, 0.717) is 18.9 Å². The van der Waals surface area contributed by atoms with Gasteiger partial charge in [0, 0.05) is 46.3 Å². The number of aliphatic imine (C=N–C) groups is 1. The zero-order chi connectivity index (χ0) is 20.0. The van der Waals surface area contributed by atoms with Crippen molar-refractivity contribution in [2.75, 3.05) is 39.8 Å². The number of unbranched alkanes of at least 4 members (excludes halogenated alkanes) is 1. The number of guanidine groups is 1. The zero-order valence-corrected chi connectivity index (χ0v) is 20.2. The van der Waals surface area contributed by atoms with Crippen LogP contribution in [0.1, 0.15) is 44.6 Å². The van der Waals surface area contributed by atoms with Gasteiger partial charge in [-0.3, -0.25) is 9.79 Å². The molecule has 164 valence electrons. The van der Waals surface area contributed by atoms with Crippen molar-refractivity contribution < 1.29 is 9.53 Å². The predicted octanol–water partition coefficient (Wildman–Crippen LogP) is 3.42. The summed E-state index contributed by atoms with van der Waals surface area (Å²) in [5.74, 6) is 1.64. The molecule has 1 heterocycles. The summed E-state index contributed by atoms with van der Waals surface area (Å²) in [6, 6.07) is 10.3. The van der Waals surface area contributed by atoms with Crippen molar-refractivity contribution in [3.05, 3.63) is 35.9 Å². The standard InChI is InChI=1S/C22H36N4O2.HI/c1-3-24-22(26-14-11-19(12-15-26)17-21(27)23-2)25-13-7-8-16-28-18-20-9-5-4-6-10-20;/h4-6,9-10,19H,3,7-8,11-18H2,1-2H3,(H,23,27)(H,24,25);1H. The molecule has 0 atom stereocenters. The second-order valence-corrected chi connectivity index (χ2v) is 7.29. The Labute approximate surface area is 192 Å². The molecule has 0 aliphatic carbocycles. The van der Waals surface area contributed by atoms with Crippen LogP contribution in [-0.2, 0) is 16.1 Å². The third kappa shape index (κ3) is 10.3. The molecule has 1 fully saturated rings. The summed E-state index contributed by atoms with van der Waals surface area (Å²) in [6.07, 6.45) is 4.78. The Morgan fingerprint density at radius 3 is 2.59 bits per heavy atom. The van der Waals surface area contributed by atoms with Gasteiger partial charge >= 0.3 is 0 Å². The lowest BCUT2D eigenvalue weighted by Crippen LogP contribution is -2.46. The lowest BCUT2D eigenvalue weighted by atomic mass is 9.93. The first-order valence-corrected chi connectivity index (χ1v) is 10.6. The summed E-state index contributed by atoms with van der Waals surface area (Å²) in [4.78, 5) is 18.7. The summed E-state index contributed by atoms with van der Waals surface area (Å²) in [6.45, 7) is 7.17. The van der Waals surface area contributed by atoms with Crippen molar-refractivity contribution in [2.24, 2.45) is 10.9 Å². The van der Waals surface area contributed by atoms with E-state index in [2.05, 4.69) is 34.6 Å². The van der Waals surface area contributed by atoms with Crippen LogP contribution in [0, 0.1) is 5.92 Å². The fourth-order valence-corrected chi connectivity index (χ4v) is 3.40. The summed E-state index contributed by atoms with van der Waals surface area (Å²) in [5, 5.41) is 6.13. The minimum absolute atomic E-state index is 0. The average Bonchev–Trinajstić information content (AvgIpc) is 2.73. The van der Waals surface area contributed by atoms with Gasteiger partial charge in [-0.25, -0.2) is 0 Å². The highest BCUT2D eigenvalue weighted by Gasteiger charge is 2.22. The highest BCUT2D eigenvalue weighted by molar-refractivity contribution is 14.0. The van der Waals surface area contributed by atoms with E-state index in [1.165, 1.54) is 5.56 Å². The minimum Gasteiger partial charge on any atom is -0.377 e. The Hall–Kier alpha value is -1.35. The lowest BCUT2D eigenvalue weighted by molar-refractivity contribution is -0.121. The van der Waals surface area contributed by atoms with Crippen molar-refractivity contribution in [3.63, 3.8) is 0 Å². The molecule has 1 aliphatic rings. The molecule has 0 aromatic heterocycles. The Balaban J connectivity index is 0.00000420. The summed E-state index contributed by atoms with van der Waals surface area (Å²) < 4.78 is 5.74. The van der Waals surface area contributed by atoms with Gasteiger partial charge in [0.1, 0.15) is 0 Å². The molecule has 2 rings (SSSR count). The molecule has 7 heteroatoms. The van der Waals surface area contributed by atoms with Crippen LogP contribution < -0.4 is 10.6 Å². The second-order valence-electron chi connectivity index (χ2n) is 7.29. The monoisotopic (exact) mass is 516 g/mol. The normalized spacial score (nSPS) is 15.0. The van der Waals surface area contributed by atoms with E-state index in [1.807, 2.05) is 18.2 Å². The number of rotatable bonds is 10. The molecular formula is C22H37IN4O2. The molecule has 0 unspecified atom stereocenters. The number of piperidine rings is 1. The summed E-state index contributed by atoms with van der Waals surface area (Å²) in [5.41, 5.74) is 1.22. The van der Waals surface area contributed by atoms with Gasteiger partial charge in [0.25, 0.3) is 0 Å². The predicted molar refractivity (Wildman–Crippen MR) is 130 cm³/mol. The first-order valence-electron chi connectivity index (χ1n) is 10.6. The lowest BCUT2D eigenvalue weighted by Gasteiger charge is -2.34. The van der Waals surface area contributed by atoms with Crippen LogP contribution in [-0.4, -0.2) is 56.6 Å². The molecule has 0 saturated carbocycles. The number of benzene rings is 1. The first kappa shape index (κ1) is 25.7. The van der Waals surface area contributed by atoms with E-state index in [9.17, 15) is 4.79 Å². The van der Waals surface area contributed by atoms with Crippen LogP contribution in [0.2, 0.25) is 0 Å². The van der Waals surface area contributed by atoms with E-state index >= 15 is 0 Å². The number of ether oxygens (including phenoxy) is 1. The van der Waals surface area contributed by atoms with Crippen molar-refractivity contribution in [1.82, 2.24) is 15.5 Å². The highest BCUT2D eigenvalue weighted by atomic mass is 127. The van der Waals surface area contributed by atoms with E-state index in [-0.39, 0.29) is 29.9 Å². The maximum atomic E-state index is 11.6. The van der Waals surface area contributed by atoms with Crippen LogP contribution in [0.4, 0.5) is 0 Å². The summed E-state index contributed by atoms with van der Waals surface area (Å²) in [7, 11) is 1.71. The van der Waals surface area contributed by atoms with Gasteiger partial charge in [-0.2, -0.15) is 0 Å². The van der Waals surface area contributed by atoms with Crippen LogP contribution in [0.5, 0.6) is 0 Å². The van der Waals surface area contributed by atoms with Crippen molar-refractivity contribution in [3.8, 4) is 0 Å². The molecule has 1 saturated heterocycles. The zero-order valence-electron chi connectivity index (χ0n) is 17.9. The Bertz CT molecular complexity index is 590. The van der Waals surface area contributed by atoms with E-state index < -0.39 is 0 Å². The average molecular weight is 516 g/mol. The number of nitrogens with zero attached hydrogens (tertiary/aromatic N) is 2. The molecule has 1 amide bonds. The van der Waals surface area contributed by atoms with Crippen LogP contribution in [0.15, 0.2) is 35.3 Å². The summed E-state index contributed by atoms with van der Waals surface area (Å²) >= 11 is 0. The van der Waals surface area contributed by atoms with Gasteiger partial charge in [-0.15, -0.1) is 24.0 Å². The third-order valence-corrected chi connectivity index (χ3v) is 5.07. The number of hydrogen-bond acceptors (Lipinski definition) is 3. The quantitative estimate of drug-likeness (QED) is 0.217. The van der Waals surface area contributed by atoms with Crippen LogP contribution in [0.3, 0.4) is 0 Å². The smallest absolute Gasteiger partial charge is 0.220 e. The number of carbonyl (C=O) groups is 1. The topological polar surface area (TPSA) is 66.0 Å². The molecule has 0 spiro atoms. The van der Waals surface area contributed by atoms with Crippen LogP contribution in [0.25, 0.3) is 0 Å². The van der Waals surface area contributed by atoms with Gasteiger partial charge in [0.05, 0.1) is 6.61 Å². The van der Waals surface area contributed by atoms with E-state index in [0.717, 1.165) is 64.4 Å². The van der Waals surface area contributed by atoms with Crippen LogP contribution >= 0.6 is 24.0 Å². The van der Waals surface area contributed by atoms with Crippen molar-refractivity contribution in [2.45, 2.75) is 45.6 Å². The number of amides is 1. The Morgan fingerprint density at radius 1 is 1.21 bits per heavy atom. The fraction of sp³-hybridized carbons (Fsp3) is 0.636. The Kier molecular flexibility index (Phi) is 13.7. The highest BCUT2D eigenvalue weighted by Crippen LogP contribution is 2.20. The first-order chi connectivity index (χ1) is 13.7. The number of likely N-dealkylation sites (tertiary alicyclic amines) is 1. The van der Waals surface area contributed by atoms with Gasteiger partial charge in [0.15, 0.2) is 5.96 Å². The molecule has 6 nitrogen and oxygen atoms in total. The third-order valence-electron chi connectivity index (χ3n) is 5.07. The molecule has 0 bridgehead atoms. The molecule has 1 aliphatic heterocycles. The number of halogens is 1. The Morgan fingerprint density at radius 2 is 1.93 bits per heavy atom. The number of nitrogens with one attached hydrogen (secondary N) is 2. The van der Waals surface area contributed by atoms with Gasteiger partial charge < -0.3 is 20.3 Å². The molecule has 29 heavy (non-hydrogen) atoms. The molecule has 1 aromatic carbocycles. The molecule has 1 aromatic rings. The van der Waals surface area contributed by atoms with Gasteiger partial charge in [-0.05, 0) is 44.1 Å². The fourth-order valence-electron chi connectivity index (χ4n) is 3.40.